The Kier molecular flexibility index (Phi) is 3.94. The average molecular weight is 213 g/mol. The molecule has 0 heterocycles. The molecular weight excluding hydrogens is 194 g/mol. The van der Waals surface area contributed by atoms with Crippen LogP contribution in [0.2, 0.25) is 0 Å². The van der Waals surface area contributed by atoms with Gasteiger partial charge in [-0.25, -0.2) is 0 Å². The van der Waals surface area contributed by atoms with E-state index in [1.165, 1.54) is 0 Å². The fourth-order valence-corrected chi connectivity index (χ4v) is 1.91. The topological polar surface area (TPSA) is 87.7 Å². The molecule has 15 heavy (non-hydrogen) atoms. The molecule has 0 aromatic heterocycles. The molecule has 0 radical (unpaired) electrons. The van der Waals surface area contributed by atoms with Gasteiger partial charge in [-0.3, -0.25) is 4.79 Å². The number of hydrogen-bond acceptors (Lipinski definition) is 3. The minimum absolute atomic E-state index is 0.0160. The number of carbonyl (C=O) groups is 1. The fourth-order valence-electron chi connectivity index (χ4n) is 1.91. The maximum atomic E-state index is 11.5. The van der Waals surface area contributed by atoms with Crippen molar-refractivity contribution in [3.8, 4) is 0 Å². The van der Waals surface area contributed by atoms with Crippen LogP contribution in [0.5, 0.6) is 0 Å². The van der Waals surface area contributed by atoms with Crippen LogP contribution >= 0.6 is 0 Å². The number of nitrogens with two attached hydrogens (primary N) is 1. The molecule has 5 heteroatoms. The molecule has 2 unspecified atom stereocenters. The molecule has 1 fully saturated rings. The molecule has 1 amide bonds. The van der Waals surface area contributed by atoms with E-state index < -0.39 is 0 Å². The van der Waals surface area contributed by atoms with Crippen LogP contribution in [0.3, 0.4) is 0 Å². The molecular formula is C10H19N3O2. The first-order chi connectivity index (χ1) is 7.06. The monoisotopic (exact) mass is 213 g/mol. The van der Waals surface area contributed by atoms with Crippen molar-refractivity contribution in [1.82, 2.24) is 5.32 Å². The first kappa shape index (κ1) is 11.8. The van der Waals surface area contributed by atoms with Crippen LogP contribution in [0.4, 0.5) is 0 Å². The van der Waals surface area contributed by atoms with Gasteiger partial charge in [-0.1, -0.05) is 25.4 Å². The van der Waals surface area contributed by atoms with E-state index in [9.17, 15) is 4.79 Å². The van der Waals surface area contributed by atoms with Crippen LogP contribution in [0.1, 0.15) is 33.1 Å². The Hall–Kier alpha value is -1.26. The molecule has 0 saturated heterocycles. The van der Waals surface area contributed by atoms with Gasteiger partial charge in [0.1, 0.15) is 5.84 Å². The fraction of sp³-hybridized carbons (Fsp3) is 0.800. The third-order valence-electron chi connectivity index (χ3n) is 2.86. The lowest BCUT2D eigenvalue weighted by atomic mass is 10.0. The largest absolute Gasteiger partial charge is 0.409 e. The third kappa shape index (κ3) is 2.84. The maximum absolute atomic E-state index is 11.5. The summed E-state index contributed by atoms with van der Waals surface area (Å²) in [6.45, 7) is 3.70. The van der Waals surface area contributed by atoms with Gasteiger partial charge in [0, 0.05) is 17.9 Å². The summed E-state index contributed by atoms with van der Waals surface area (Å²) in [6, 6.07) is 0.0239. The summed E-state index contributed by atoms with van der Waals surface area (Å²) < 4.78 is 0. The van der Waals surface area contributed by atoms with Gasteiger partial charge in [-0.2, -0.15) is 0 Å². The summed E-state index contributed by atoms with van der Waals surface area (Å²) in [5.41, 5.74) is 5.57. The summed E-state index contributed by atoms with van der Waals surface area (Å²) in [4.78, 5) is 11.5. The van der Waals surface area contributed by atoms with Crippen LogP contribution in [0.25, 0.3) is 0 Å². The maximum Gasteiger partial charge on any atom is 0.222 e. The molecule has 0 aliphatic heterocycles. The Morgan fingerprint density at radius 2 is 2.20 bits per heavy atom. The second kappa shape index (κ2) is 5.00. The summed E-state index contributed by atoms with van der Waals surface area (Å²) in [6.07, 6.45) is 2.78. The Morgan fingerprint density at radius 1 is 1.53 bits per heavy atom. The first-order valence-electron chi connectivity index (χ1n) is 5.34. The summed E-state index contributed by atoms with van der Waals surface area (Å²) in [7, 11) is 0. The highest BCUT2D eigenvalue weighted by Crippen LogP contribution is 2.25. The Bertz CT molecular complexity index is 263. The number of nitrogens with one attached hydrogen (secondary N) is 1. The Morgan fingerprint density at radius 3 is 2.73 bits per heavy atom. The van der Waals surface area contributed by atoms with Crippen LogP contribution in [0, 0.1) is 11.8 Å². The summed E-state index contributed by atoms with van der Waals surface area (Å²) in [5, 5.41) is 14.6. The molecule has 2 atom stereocenters. The van der Waals surface area contributed by atoms with Crippen molar-refractivity contribution in [3.05, 3.63) is 0 Å². The summed E-state index contributed by atoms with van der Waals surface area (Å²) in [5.74, 6) is 0.204. The smallest absolute Gasteiger partial charge is 0.222 e. The zero-order chi connectivity index (χ0) is 11.4. The molecule has 0 aromatic carbocycles. The number of hydrogen-bond donors (Lipinski definition) is 3. The van der Waals surface area contributed by atoms with Gasteiger partial charge in [-0.05, 0) is 12.8 Å². The van der Waals surface area contributed by atoms with Gasteiger partial charge < -0.3 is 16.3 Å². The molecule has 1 saturated carbocycles. The van der Waals surface area contributed by atoms with E-state index in [0.29, 0.717) is 0 Å². The van der Waals surface area contributed by atoms with Gasteiger partial charge in [0.2, 0.25) is 5.91 Å². The number of amides is 1. The van der Waals surface area contributed by atoms with Crippen LogP contribution in [-0.2, 0) is 4.79 Å². The molecule has 5 nitrogen and oxygen atoms in total. The van der Waals surface area contributed by atoms with Crippen molar-refractivity contribution in [3.63, 3.8) is 0 Å². The molecule has 0 bridgehead atoms. The standard InChI is InChI=1S/C10H19N3O2/c1-6(2)10(14)12-8-5-3-4-7(8)9(11)13-15/h6-8,15H,3-5H2,1-2H3,(H2,11,13)(H,12,14). The first-order valence-corrected chi connectivity index (χ1v) is 5.34. The third-order valence-corrected chi connectivity index (χ3v) is 2.86. The van der Waals surface area contributed by atoms with E-state index in [2.05, 4.69) is 10.5 Å². The molecule has 4 N–H and O–H groups in total. The average Bonchev–Trinajstić information content (AvgIpc) is 2.64. The Labute approximate surface area is 89.7 Å². The number of rotatable bonds is 3. The second-order valence-electron chi connectivity index (χ2n) is 4.33. The zero-order valence-corrected chi connectivity index (χ0v) is 9.23. The van der Waals surface area contributed by atoms with Crippen LogP contribution in [0.15, 0.2) is 5.16 Å². The van der Waals surface area contributed by atoms with Crippen molar-refractivity contribution in [1.29, 1.82) is 0 Å². The molecule has 0 spiro atoms. The van der Waals surface area contributed by atoms with Gasteiger partial charge >= 0.3 is 0 Å². The highest BCUT2D eigenvalue weighted by molar-refractivity contribution is 5.85. The van der Waals surface area contributed by atoms with Crippen molar-refractivity contribution >= 4 is 11.7 Å². The number of carbonyl (C=O) groups excluding carboxylic acids is 1. The summed E-state index contributed by atoms with van der Waals surface area (Å²) >= 11 is 0. The number of nitrogens with zero attached hydrogens (tertiary/aromatic N) is 1. The van der Waals surface area contributed by atoms with Crippen molar-refractivity contribution in [2.24, 2.45) is 22.7 Å². The van der Waals surface area contributed by atoms with Crippen LogP contribution < -0.4 is 11.1 Å². The van der Waals surface area contributed by atoms with E-state index in [0.717, 1.165) is 19.3 Å². The van der Waals surface area contributed by atoms with Crippen molar-refractivity contribution in [2.45, 2.75) is 39.2 Å². The number of amidine groups is 1. The Balaban J connectivity index is 2.58. The zero-order valence-electron chi connectivity index (χ0n) is 9.23. The van der Waals surface area contributed by atoms with E-state index >= 15 is 0 Å². The highest BCUT2D eigenvalue weighted by Gasteiger charge is 2.31. The molecule has 1 aliphatic carbocycles. The minimum Gasteiger partial charge on any atom is -0.409 e. The SMILES string of the molecule is CC(C)C(=O)NC1CCCC1C(N)=NO. The van der Waals surface area contributed by atoms with E-state index in [-0.39, 0.29) is 29.6 Å². The van der Waals surface area contributed by atoms with Gasteiger partial charge in [-0.15, -0.1) is 0 Å². The lowest BCUT2D eigenvalue weighted by molar-refractivity contribution is -0.124. The molecule has 0 aromatic rings. The highest BCUT2D eigenvalue weighted by atomic mass is 16.4. The number of oxime groups is 1. The van der Waals surface area contributed by atoms with E-state index in [1.54, 1.807) is 0 Å². The van der Waals surface area contributed by atoms with E-state index in [1.807, 2.05) is 13.8 Å². The van der Waals surface area contributed by atoms with Crippen molar-refractivity contribution < 1.29 is 10.0 Å². The minimum atomic E-state index is -0.0291. The lowest BCUT2D eigenvalue weighted by Gasteiger charge is -2.20. The van der Waals surface area contributed by atoms with Gasteiger partial charge in [0.05, 0.1) is 0 Å². The molecule has 1 rings (SSSR count). The molecule has 1 aliphatic rings. The van der Waals surface area contributed by atoms with Gasteiger partial charge in [0.25, 0.3) is 0 Å². The quantitative estimate of drug-likeness (QED) is 0.279. The van der Waals surface area contributed by atoms with Crippen LogP contribution in [-0.4, -0.2) is 23.0 Å². The normalized spacial score (nSPS) is 27.0. The second-order valence-corrected chi connectivity index (χ2v) is 4.33. The predicted octanol–water partition coefficient (Wildman–Crippen LogP) is 0.674. The van der Waals surface area contributed by atoms with E-state index in [4.69, 9.17) is 10.9 Å². The van der Waals surface area contributed by atoms with Gasteiger partial charge in [0.15, 0.2) is 0 Å². The van der Waals surface area contributed by atoms with Crippen molar-refractivity contribution in [2.75, 3.05) is 0 Å². The lowest BCUT2D eigenvalue weighted by Crippen LogP contribution is -2.43. The predicted molar refractivity (Wildman–Crippen MR) is 57.5 cm³/mol. The molecule has 86 valence electrons.